The van der Waals surface area contributed by atoms with E-state index in [2.05, 4.69) is 44.7 Å². The number of hydrogen-bond donors (Lipinski definition) is 0. The summed E-state index contributed by atoms with van der Waals surface area (Å²) in [5.41, 5.74) is 0. The Hall–Kier alpha value is 1.59. The van der Waals surface area contributed by atoms with Crippen molar-refractivity contribution < 1.29 is 0 Å². The average Bonchev–Trinajstić information content (AvgIpc) is 1.37. The van der Waals surface area contributed by atoms with Gasteiger partial charge in [-0.15, -0.1) is 0 Å². The SMILES string of the molecule is I[B][B-]I. The van der Waals surface area contributed by atoms with E-state index < -0.39 is 0 Å². The third-order valence-electron chi connectivity index (χ3n) is 0.0476. The van der Waals surface area contributed by atoms with Gasteiger partial charge in [0.1, 0.15) is 0 Å². The molecule has 0 saturated heterocycles. The maximum absolute atomic E-state index is 2.16. The summed E-state index contributed by atoms with van der Waals surface area (Å²) in [5, 5.41) is 3.91. The van der Waals surface area contributed by atoms with Gasteiger partial charge in [-0.2, -0.15) is 0 Å². The van der Waals surface area contributed by atoms with Crippen molar-refractivity contribution in [3.8, 4) is 0 Å². The number of rotatable bonds is 1. The summed E-state index contributed by atoms with van der Waals surface area (Å²) >= 11 is 4.33. The fourth-order valence-corrected chi connectivity index (χ4v) is 0. The Balaban J connectivity index is 1.97. The zero-order valence-electron chi connectivity index (χ0n) is 1.91. The second kappa shape index (κ2) is 4.59. The highest BCUT2D eigenvalue weighted by Crippen LogP contribution is 1.76. The molecule has 0 aromatic heterocycles. The minimum Gasteiger partial charge on any atom is -0.444 e. The summed E-state index contributed by atoms with van der Waals surface area (Å²) in [4.78, 5) is 0. The largest absolute Gasteiger partial charge is 0.444 e. The Morgan fingerprint density at radius 3 is 2.00 bits per heavy atom. The van der Waals surface area contributed by atoms with Gasteiger partial charge in [-0.05, 0) is 0 Å². The molecule has 3 radical (unpaired) electrons. The van der Waals surface area contributed by atoms with E-state index in [-0.39, 0.29) is 0 Å². The van der Waals surface area contributed by atoms with Crippen molar-refractivity contribution in [3.63, 3.8) is 0 Å². The molecule has 0 aromatic rings. The first-order chi connectivity index (χ1) is 1.91. The summed E-state index contributed by atoms with van der Waals surface area (Å²) in [6.45, 7) is 0. The molecule has 0 spiro atoms. The minimum atomic E-state index is 1.96. The van der Waals surface area contributed by atoms with Crippen LogP contribution in [0.2, 0.25) is 0 Å². The van der Waals surface area contributed by atoms with Crippen molar-refractivity contribution in [2.75, 3.05) is 0 Å². The van der Waals surface area contributed by atoms with E-state index in [1.165, 1.54) is 0 Å². The molecule has 0 saturated carbocycles. The Bertz CT molecular complexity index is 6.00. The molecular formula is B2I2-. The maximum atomic E-state index is 2.16. The topological polar surface area (TPSA) is 0 Å². The van der Waals surface area contributed by atoms with Gasteiger partial charge in [-0.3, -0.25) is 5.03 Å². The molecule has 0 aliphatic rings. The van der Waals surface area contributed by atoms with Crippen LogP contribution in [0.25, 0.3) is 0 Å². The third kappa shape index (κ3) is 3.59. The van der Waals surface area contributed by atoms with Crippen LogP contribution in [0.5, 0.6) is 0 Å². The van der Waals surface area contributed by atoms with Crippen LogP contribution in [0.15, 0.2) is 0 Å². The summed E-state index contributed by atoms with van der Waals surface area (Å²) in [6.07, 6.45) is 0. The van der Waals surface area contributed by atoms with Gasteiger partial charge in [0.25, 0.3) is 0 Å². The molecule has 0 unspecified atom stereocenters. The molecule has 21 valence electrons. The molecule has 0 atom stereocenters. The molecule has 0 aliphatic carbocycles. The van der Waals surface area contributed by atoms with Crippen molar-refractivity contribution >= 4 is 54.8 Å². The predicted molar refractivity (Wildman–Crippen MR) is 39.5 cm³/mol. The lowest BCUT2D eigenvalue weighted by molar-refractivity contribution is 4.65. The molecule has 0 amide bonds. The first-order valence-electron chi connectivity index (χ1n) is 0.770. The molecule has 0 N–H and O–H groups in total. The van der Waals surface area contributed by atoms with Crippen molar-refractivity contribution in [1.29, 1.82) is 0 Å². The standard InChI is InChI=1S/B2I2/c3-1-2-4/q-1. The van der Waals surface area contributed by atoms with Gasteiger partial charge in [-0.1, -0.05) is 5.03 Å². The predicted octanol–water partition coefficient (Wildman–Crippen LogP) is 1.01. The smallest absolute Gasteiger partial charge is 0.0662 e. The first-order valence-corrected chi connectivity index (χ1v) is 3.26. The molecule has 0 nitrogen and oxygen atoms in total. The quantitative estimate of drug-likeness (QED) is 0.495. The molecule has 0 heterocycles. The summed E-state index contributed by atoms with van der Waals surface area (Å²) in [7, 11) is 0. The maximum Gasteiger partial charge on any atom is -0.0662 e. The molecule has 0 aromatic carbocycles. The summed E-state index contributed by atoms with van der Waals surface area (Å²) in [5.74, 6) is 0. The van der Waals surface area contributed by atoms with Crippen LogP contribution in [-0.2, 0) is 0 Å². The molecule has 0 rings (SSSR count). The van der Waals surface area contributed by atoms with Crippen LogP contribution in [0.3, 0.4) is 0 Å². The fraction of sp³-hybridized carbons (Fsp3) is 0. The monoisotopic (exact) mass is 276 g/mol. The van der Waals surface area contributed by atoms with Gasteiger partial charge >= 0.3 is 0 Å². The van der Waals surface area contributed by atoms with E-state index in [9.17, 15) is 0 Å². The van der Waals surface area contributed by atoms with E-state index in [0.717, 1.165) is 0 Å². The average molecular weight is 275 g/mol. The van der Waals surface area contributed by atoms with Gasteiger partial charge in [0, 0.05) is 0 Å². The van der Waals surface area contributed by atoms with Gasteiger partial charge < -0.3 is 22.4 Å². The van der Waals surface area contributed by atoms with E-state index in [1.54, 1.807) is 0 Å². The Labute approximate surface area is 54.3 Å². The Morgan fingerprint density at radius 1 is 1.75 bits per heavy atom. The van der Waals surface area contributed by atoms with Crippen molar-refractivity contribution in [2.45, 2.75) is 0 Å². The van der Waals surface area contributed by atoms with Gasteiger partial charge in [0.15, 0.2) is 0 Å². The lowest BCUT2D eigenvalue weighted by Gasteiger charge is -1.85. The van der Waals surface area contributed by atoms with E-state index in [4.69, 9.17) is 0 Å². The van der Waals surface area contributed by atoms with Crippen molar-refractivity contribution in [3.05, 3.63) is 0 Å². The first kappa shape index (κ1) is 5.59. The van der Waals surface area contributed by atoms with Gasteiger partial charge in [0.2, 0.25) is 0 Å². The van der Waals surface area contributed by atoms with Gasteiger partial charge in [0.05, 0.1) is 0 Å². The summed E-state index contributed by atoms with van der Waals surface area (Å²) in [6, 6.07) is 0. The Kier molecular flexibility index (Phi) is 6.41. The van der Waals surface area contributed by atoms with Crippen molar-refractivity contribution in [1.82, 2.24) is 0 Å². The Morgan fingerprint density at radius 2 is 2.00 bits per heavy atom. The summed E-state index contributed by atoms with van der Waals surface area (Å²) < 4.78 is 0. The van der Waals surface area contributed by atoms with Crippen molar-refractivity contribution in [2.24, 2.45) is 0 Å². The van der Waals surface area contributed by atoms with Crippen LogP contribution in [0.1, 0.15) is 0 Å². The van der Waals surface area contributed by atoms with Crippen LogP contribution >= 0.6 is 44.7 Å². The molecule has 4 heavy (non-hydrogen) atoms. The van der Waals surface area contributed by atoms with E-state index in [0.29, 0.717) is 0 Å². The lowest BCUT2D eigenvalue weighted by Crippen LogP contribution is -1.76. The van der Waals surface area contributed by atoms with Gasteiger partial charge in [-0.25, -0.2) is 22.4 Å². The minimum absolute atomic E-state index is 1.96. The van der Waals surface area contributed by atoms with Crippen LogP contribution in [0.4, 0.5) is 0 Å². The normalized spacial score (nSPS) is 6.50. The third-order valence-corrected chi connectivity index (χ3v) is 2.14. The second-order valence-electron chi connectivity index (χ2n) is 0.252. The molecular weight excluding hydrogens is 275 g/mol. The lowest BCUT2D eigenvalue weighted by atomic mass is 9.80. The number of hydrogen-bond acceptors (Lipinski definition) is 0. The van der Waals surface area contributed by atoms with E-state index in [1.807, 2.05) is 10.1 Å². The highest BCUT2D eigenvalue weighted by molar-refractivity contribution is 14.2. The molecule has 0 fully saturated rings. The molecule has 4 heteroatoms. The van der Waals surface area contributed by atoms with Crippen LogP contribution in [-0.4, -0.2) is 10.1 Å². The second-order valence-corrected chi connectivity index (χ2v) is 1.69. The number of halogens is 2. The molecule has 0 bridgehead atoms. The fourth-order valence-electron chi connectivity index (χ4n) is 0. The zero-order valence-corrected chi connectivity index (χ0v) is 6.23. The molecule has 0 aliphatic heterocycles. The highest BCUT2D eigenvalue weighted by Gasteiger charge is 1.42. The van der Waals surface area contributed by atoms with Crippen LogP contribution in [0, 0.1) is 0 Å². The van der Waals surface area contributed by atoms with Crippen LogP contribution < -0.4 is 0 Å². The zero-order chi connectivity index (χ0) is 3.41. The van der Waals surface area contributed by atoms with E-state index >= 15 is 0 Å². The highest BCUT2D eigenvalue weighted by atomic mass is 127.